The number of hydrogen-bond donors (Lipinski definition) is 2. The van der Waals surface area contributed by atoms with Crippen LogP contribution in [-0.2, 0) is 19.1 Å². The maximum atomic E-state index is 11.9. The van der Waals surface area contributed by atoms with Crippen molar-refractivity contribution < 1.29 is 24.2 Å². The normalized spacial score (nSPS) is 11.6. The fourth-order valence-corrected chi connectivity index (χ4v) is 2.19. The van der Waals surface area contributed by atoms with Gasteiger partial charge in [0.25, 0.3) is 0 Å². The molecule has 1 aromatic rings. The van der Waals surface area contributed by atoms with Gasteiger partial charge in [0.15, 0.2) is 0 Å². The lowest BCUT2D eigenvalue weighted by atomic mass is 9.97. The molecule has 0 aromatic heterocycles. The van der Waals surface area contributed by atoms with E-state index in [4.69, 9.17) is 5.11 Å². The number of rotatable bonds is 7. The summed E-state index contributed by atoms with van der Waals surface area (Å²) in [4.78, 5) is 33.9. The highest BCUT2D eigenvalue weighted by Crippen LogP contribution is 2.22. The van der Waals surface area contributed by atoms with Gasteiger partial charge in [-0.05, 0) is 25.0 Å². The molecular formula is C16H21NO5. The Kier molecular flexibility index (Phi) is 6.56. The predicted octanol–water partition coefficient (Wildman–Crippen LogP) is 1.89. The van der Waals surface area contributed by atoms with Crippen molar-refractivity contribution in [3.05, 3.63) is 34.9 Å². The van der Waals surface area contributed by atoms with Gasteiger partial charge in [-0.15, -0.1) is 0 Å². The molecule has 0 saturated heterocycles. The number of nitrogens with one attached hydrogen (secondary N) is 1. The van der Waals surface area contributed by atoms with Crippen LogP contribution < -0.4 is 5.32 Å². The zero-order chi connectivity index (χ0) is 16.7. The first-order valence-electron chi connectivity index (χ1n) is 6.98. The lowest BCUT2D eigenvalue weighted by molar-refractivity contribution is -0.142. The highest BCUT2D eigenvalue weighted by Gasteiger charge is 2.20. The van der Waals surface area contributed by atoms with Crippen LogP contribution in [0.25, 0.3) is 0 Å². The van der Waals surface area contributed by atoms with Crippen molar-refractivity contribution in [1.82, 2.24) is 5.32 Å². The van der Waals surface area contributed by atoms with Crippen molar-refractivity contribution in [1.29, 1.82) is 0 Å². The third kappa shape index (κ3) is 5.55. The van der Waals surface area contributed by atoms with Gasteiger partial charge in [-0.3, -0.25) is 14.4 Å². The molecule has 0 heterocycles. The van der Waals surface area contributed by atoms with Crippen molar-refractivity contribution in [3.8, 4) is 0 Å². The Balaban J connectivity index is 2.90. The Morgan fingerprint density at radius 2 is 1.91 bits per heavy atom. The third-order valence-electron chi connectivity index (χ3n) is 3.30. The number of benzene rings is 1. The highest BCUT2D eigenvalue weighted by atomic mass is 16.5. The van der Waals surface area contributed by atoms with Crippen LogP contribution in [0.2, 0.25) is 0 Å². The van der Waals surface area contributed by atoms with Crippen molar-refractivity contribution in [2.24, 2.45) is 0 Å². The van der Waals surface area contributed by atoms with E-state index in [0.717, 1.165) is 16.7 Å². The average molecular weight is 307 g/mol. The van der Waals surface area contributed by atoms with Crippen LogP contribution in [0.4, 0.5) is 0 Å². The minimum atomic E-state index is -1.04. The van der Waals surface area contributed by atoms with Gasteiger partial charge in [-0.1, -0.05) is 23.8 Å². The van der Waals surface area contributed by atoms with Gasteiger partial charge in [0, 0.05) is 6.42 Å². The van der Waals surface area contributed by atoms with Crippen LogP contribution in [0.15, 0.2) is 18.2 Å². The van der Waals surface area contributed by atoms with Crippen LogP contribution in [0.5, 0.6) is 0 Å². The largest absolute Gasteiger partial charge is 0.481 e. The number of amides is 1. The molecular weight excluding hydrogens is 286 g/mol. The zero-order valence-electron chi connectivity index (χ0n) is 13.0. The smallest absolute Gasteiger partial charge is 0.307 e. The van der Waals surface area contributed by atoms with E-state index in [1.54, 1.807) is 0 Å². The van der Waals surface area contributed by atoms with Crippen molar-refractivity contribution in [2.75, 3.05) is 7.11 Å². The summed E-state index contributed by atoms with van der Waals surface area (Å²) in [6.45, 7) is 3.85. The Morgan fingerprint density at radius 3 is 2.45 bits per heavy atom. The van der Waals surface area contributed by atoms with Crippen LogP contribution in [-0.4, -0.2) is 30.1 Å². The van der Waals surface area contributed by atoms with Gasteiger partial charge in [0.05, 0.1) is 26.0 Å². The van der Waals surface area contributed by atoms with E-state index in [0.29, 0.717) is 0 Å². The Hall–Kier alpha value is -2.37. The molecule has 1 atom stereocenters. The summed E-state index contributed by atoms with van der Waals surface area (Å²) in [5.41, 5.74) is 2.85. The second-order valence-electron chi connectivity index (χ2n) is 5.15. The molecule has 0 saturated carbocycles. The molecule has 1 rings (SSSR count). The summed E-state index contributed by atoms with van der Waals surface area (Å²) in [5.74, 6) is -1.88. The molecule has 6 nitrogen and oxygen atoms in total. The van der Waals surface area contributed by atoms with Crippen molar-refractivity contribution in [3.63, 3.8) is 0 Å². The molecule has 0 aliphatic heterocycles. The second kappa shape index (κ2) is 8.17. The van der Waals surface area contributed by atoms with Crippen molar-refractivity contribution >= 4 is 17.8 Å². The van der Waals surface area contributed by atoms with E-state index in [-0.39, 0.29) is 19.3 Å². The number of carboxylic acids is 1. The van der Waals surface area contributed by atoms with Crippen LogP contribution in [0.1, 0.15) is 42.0 Å². The van der Waals surface area contributed by atoms with Gasteiger partial charge in [-0.2, -0.15) is 0 Å². The quantitative estimate of drug-likeness (QED) is 0.750. The summed E-state index contributed by atoms with van der Waals surface area (Å²) in [7, 11) is 1.29. The van der Waals surface area contributed by atoms with E-state index >= 15 is 0 Å². The Morgan fingerprint density at radius 1 is 1.23 bits per heavy atom. The second-order valence-corrected chi connectivity index (χ2v) is 5.15. The summed E-state index contributed by atoms with van der Waals surface area (Å²) in [6, 6.07) is 5.18. The maximum absolute atomic E-state index is 11.9. The molecule has 0 radical (unpaired) electrons. The summed E-state index contributed by atoms with van der Waals surface area (Å²) in [6.07, 6.45) is -0.374. The molecule has 0 fully saturated rings. The molecule has 120 valence electrons. The Labute approximate surface area is 129 Å². The lowest BCUT2D eigenvalue weighted by Crippen LogP contribution is -2.31. The van der Waals surface area contributed by atoms with Crippen LogP contribution in [0, 0.1) is 13.8 Å². The molecule has 1 aromatic carbocycles. The maximum Gasteiger partial charge on any atom is 0.307 e. The van der Waals surface area contributed by atoms with Gasteiger partial charge in [0.1, 0.15) is 0 Å². The van der Waals surface area contributed by atoms with Crippen molar-refractivity contribution in [2.45, 2.75) is 39.2 Å². The molecule has 1 amide bonds. The first-order valence-corrected chi connectivity index (χ1v) is 6.98. The van der Waals surface area contributed by atoms with Gasteiger partial charge in [0.2, 0.25) is 5.91 Å². The first kappa shape index (κ1) is 17.7. The SMILES string of the molecule is COC(=O)CC(NC(=O)CCC(=O)O)c1ccc(C)cc1C. The van der Waals surface area contributed by atoms with E-state index in [1.165, 1.54) is 7.11 Å². The van der Waals surface area contributed by atoms with Gasteiger partial charge >= 0.3 is 11.9 Å². The van der Waals surface area contributed by atoms with E-state index in [1.807, 2.05) is 32.0 Å². The number of carboxylic acid groups (broad SMARTS) is 1. The molecule has 1 unspecified atom stereocenters. The minimum absolute atomic E-state index is 0.000781. The number of esters is 1. The predicted molar refractivity (Wildman–Crippen MR) is 80.3 cm³/mol. The third-order valence-corrected chi connectivity index (χ3v) is 3.30. The van der Waals surface area contributed by atoms with Crippen LogP contribution in [0.3, 0.4) is 0 Å². The average Bonchev–Trinajstić information content (AvgIpc) is 2.44. The number of methoxy groups -OCH3 is 1. The fourth-order valence-electron chi connectivity index (χ4n) is 2.19. The Bertz CT molecular complexity index is 568. The molecule has 0 bridgehead atoms. The summed E-state index contributed by atoms with van der Waals surface area (Å²) in [5, 5.41) is 11.3. The minimum Gasteiger partial charge on any atom is -0.481 e. The molecule has 6 heteroatoms. The number of ether oxygens (including phenoxy) is 1. The number of carbonyl (C=O) groups is 3. The number of aliphatic carboxylic acids is 1. The first-order chi connectivity index (χ1) is 10.3. The topological polar surface area (TPSA) is 92.7 Å². The zero-order valence-corrected chi connectivity index (χ0v) is 13.0. The lowest BCUT2D eigenvalue weighted by Gasteiger charge is -2.20. The van der Waals surface area contributed by atoms with E-state index < -0.39 is 23.9 Å². The monoisotopic (exact) mass is 307 g/mol. The van der Waals surface area contributed by atoms with Gasteiger partial charge < -0.3 is 15.2 Å². The standard InChI is InChI=1S/C16H21NO5/c1-10-4-5-12(11(2)8-10)13(9-16(21)22-3)17-14(18)6-7-15(19)20/h4-5,8,13H,6-7,9H2,1-3H3,(H,17,18)(H,19,20). The van der Waals surface area contributed by atoms with E-state index in [9.17, 15) is 14.4 Å². The van der Waals surface area contributed by atoms with E-state index in [2.05, 4.69) is 10.1 Å². The fraction of sp³-hybridized carbons (Fsp3) is 0.438. The molecule has 0 spiro atoms. The number of hydrogen-bond acceptors (Lipinski definition) is 4. The summed E-state index contributed by atoms with van der Waals surface area (Å²) < 4.78 is 4.66. The molecule has 2 N–H and O–H groups in total. The molecule has 22 heavy (non-hydrogen) atoms. The van der Waals surface area contributed by atoms with Crippen LogP contribution >= 0.6 is 0 Å². The molecule has 0 aliphatic carbocycles. The van der Waals surface area contributed by atoms with Gasteiger partial charge in [-0.25, -0.2) is 0 Å². The number of aryl methyl sites for hydroxylation is 2. The molecule has 0 aliphatic rings. The number of carbonyl (C=O) groups excluding carboxylic acids is 2. The summed E-state index contributed by atoms with van der Waals surface area (Å²) >= 11 is 0. The highest BCUT2D eigenvalue weighted by molar-refractivity contribution is 5.81.